The van der Waals surface area contributed by atoms with Gasteiger partial charge in [-0.15, -0.1) is 0 Å². The molecule has 0 bridgehead atoms. The molecular weight excluding hydrogens is 611 g/mol. The number of ether oxygens (including phenoxy) is 1. The van der Waals surface area contributed by atoms with Gasteiger partial charge in [-0.1, -0.05) is 140 Å². The Bertz CT molecular complexity index is 2610. The van der Waals surface area contributed by atoms with Gasteiger partial charge in [0.2, 0.25) is 0 Å². The maximum Gasteiger partial charge on any atom is 0.164 e. The number of fused-ring (bicyclic) bond motifs is 6. The van der Waals surface area contributed by atoms with E-state index in [1.165, 1.54) is 37.9 Å². The lowest BCUT2D eigenvalue weighted by molar-refractivity contribution is 0.415. The summed E-state index contributed by atoms with van der Waals surface area (Å²) in [7, 11) is 1.72. The first-order valence-electron chi connectivity index (χ1n) is 16.7. The highest BCUT2D eigenvalue weighted by Crippen LogP contribution is 2.39. The fraction of sp³-hybridized carbons (Fsp3) is 0.0217. The number of aromatic nitrogens is 3. The number of hydrogen-bond donors (Lipinski definition) is 0. The van der Waals surface area contributed by atoms with Crippen LogP contribution in [0.1, 0.15) is 0 Å². The van der Waals surface area contributed by atoms with E-state index in [2.05, 4.69) is 103 Å². The quantitative estimate of drug-likeness (QED) is 0.170. The van der Waals surface area contributed by atoms with Crippen molar-refractivity contribution >= 4 is 32.3 Å². The van der Waals surface area contributed by atoms with Crippen LogP contribution in [0.25, 0.3) is 88.7 Å². The predicted molar refractivity (Wildman–Crippen MR) is 206 cm³/mol. The molecule has 0 saturated carbocycles. The topological polar surface area (TPSA) is 47.9 Å². The molecule has 1 heterocycles. The van der Waals surface area contributed by atoms with Crippen molar-refractivity contribution in [2.75, 3.05) is 7.11 Å². The smallest absolute Gasteiger partial charge is 0.164 e. The first kappa shape index (κ1) is 29.5. The van der Waals surface area contributed by atoms with E-state index >= 15 is 0 Å². The number of rotatable bonds is 6. The molecule has 4 nitrogen and oxygen atoms in total. The third-order valence-corrected chi connectivity index (χ3v) is 9.39. The lowest BCUT2D eigenvalue weighted by Crippen LogP contribution is -2.00. The minimum atomic E-state index is 0.641. The average Bonchev–Trinajstić information content (AvgIpc) is 3.21. The Labute approximate surface area is 290 Å². The zero-order valence-electron chi connectivity index (χ0n) is 27.4. The first-order chi connectivity index (χ1) is 24.7. The molecule has 0 unspecified atom stereocenters. The third-order valence-electron chi connectivity index (χ3n) is 9.39. The Morgan fingerprint density at radius 2 is 0.700 bits per heavy atom. The van der Waals surface area contributed by atoms with Gasteiger partial charge in [0.1, 0.15) is 5.75 Å². The molecule has 236 valence electrons. The molecule has 8 aromatic carbocycles. The second kappa shape index (κ2) is 12.4. The van der Waals surface area contributed by atoms with Crippen molar-refractivity contribution in [3.63, 3.8) is 0 Å². The van der Waals surface area contributed by atoms with Gasteiger partial charge >= 0.3 is 0 Å². The fourth-order valence-corrected chi connectivity index (χ4v) is 6.90. The van der Waals surface area contributed by atoms with Crippen LogP contribution in [-0.4, -0.2) is 22.1 Å². The lowest BCUT2D eigenvalue weighted by atomic mass is 9.91. The van der Waals surface area contributed by atoms with E-state index in [9.17, 15) is 0 Å². The van der Waals surface area contributed by atoms with Crippen LogP contribution in [0.5, 0.6) is 5.75 Å². The number of benzene rings is 8. The van der Waals surface area contributed by atoms with Gasteiger partial charge < -0.3 is 4.74 Å². The highest BCUT2D eigenvalue weighted by Gasteiger charge is 2.14. The van der Waals surface area contributed by atoms with Crippen LogP contribution in [0.15, 0.2) is 170 Å². The molecule has 0 spiro atoms. The molecular formula is C46H31N3O. The van der Waals surface area contributed by atoms with E-state index in [-0.39, 0.29) is 0 Å². The zero-order chi connectivity index (χ0) is 33.4. The molecule has 1 aromatic heterocycles. The molecule has 0 fully saturated rings. The van der Waals surface area contributed by atoms with Gasteiger partial charge in [-0.3, -0.25) is 0 Å². The normalized spacial score (nSPS) is 11.3. The molecule has 0 aliphatic carbocycles. The van der Waals surface area contributed by atoms with Crippen molar-refractivity contribution in [3.8, 4) is 62.2 Å². The van der Waals surface area contributed by atoms with Gasteiger partial charge in [-0.25, -0.2) is 15.0 Å². The van der Waals surface area contributed by atoms with Crippen LogP contribution in [0.2, 0.25) is 0 Å². The average molecular weight is 642 g/mol. The summed E-state index contributed by atoms with van der Waals surface area (Å²) in [6, 6.07) is 59.2. The van der Waals surface area contributed by atoms with Crippen molar-refractivity contribution in [2.24, 2.45) is 0 Å². The highest BCUT2D eigenvalue weighted by atomic mass is 16.5. The molecule has 4 heteroatoms. The van der Waals surface area contributed by atoms with Crippen molar-refractivity contribution in [1.29, 1.82) is 0 Å². The Morgan fingerprint density at radius 3 is 1.26 bits per heavy atom. The van der Waals surface area contributed by atoms with Gasteiger partial charge in [0.25, 0.3) is 0 Å². The van der Waals surface area contributed by atoms with Gasteiger partial charge in [0.05, 0.1) is 7.11 Å². The second-order valence-electron chi connectivity index (χ2n) is 12.4. The Kier molecular flexibility index (Phi) is 7.33. The van der Waals surface area contributed by atoms with Crippen LogP contribution in [0.4, 0.5) is 0 Å². The molecule has 0 N–H and O–H groups in total. The van der Waals surface area contributed by atoms with Crippen LogP contribution in [0.3, 0.4) is 0 Å². The SMILES string of the molecule is COc1ccc2c3ccc(-c4cccc(-c5cccc(-c6nc(-c7ccccc7)nc(-c7ccccc7)n6)c5)c4)cc3c3ccccc3c2c1. The number of nitrogens with zero attached hydrogens (tertiary/aromatic N) is 3. The zero-order valence-corrected chi connectivity index (χ0v) is 27.4. The summed E-state index contributed by atoms with van der Waals surface area (Å²) in [6.45, 7) is 0. The van der Waals surface area contributed by atoms with Gasteiger partial charge in [-0.2, -0.15) is 0 Å². The molecule has 0 aliphatic heterocycles. The van der Waals surface area contributed by atoms with Crippen LogP contribution in [-0.2, 0) is 0 Å². The number of methoxy groups -OCH3 is 1. The minimum Gasteiger partial charge on any atom is -0.497 e. The Morgan fingerprint density at radius 1 is 0.300 bits per heavy atom. The van der Waals surface area contributed by atoms with Crippen LogP contribution >= 0.6 is 0 Å². The summed E-state index contributed by atoms with van der Waals surface area (Å²) in [4.78, 5) is 14.8. The Hall–Kier alpha value is -6.65. The van der Waals surface area contributed by atoms with Crippen molar-refractivity contribution in [1.82, 2.24) is 15.0 Å². The maximum atomic E-state index is 5.58. The summed E-state index contributed by atoms with van der Waals surface area (Å²) in [5.74, 6) is 2.81. The third kappa shape index (κ3) is 5.33. The maximum absolute atomic E-state index is 5.58. The number of hydrogen-bond acceptors (Lipinski definition) is 4. The van der Waals surface area contributed by atoms with Crippen molar-refractivity contribution in [3.05, 3.63) is 170 Å². The molecule has 9 rings (SSSR count). The highest BCUT2D eigenvalue weighted by molar-refractivity contribution is 6.26. The lowest BCUT2D eigenvalue weighted by Gasteiger charge is -2.13. The summed E-state index contributed by atoms with van der Waals surface area (Å²) in [5, 5.41) is 7.35. The molecule has 0 amide bonds. The van der Waals surface area contributed by atoms with Gasteiger partial charge in [-0.05, 0) is 84.9 Å². The molecule has 0 saturated heterocycles. The van der Waals surface area contributed by atoms with Gasteiger partial charge in [0, 0.05) is 16.7 Å². The summed E-state index contributed by atoms with van der Waals surface area (Å²) in [5.41, 5.74) is 7.39. The first-order valence-corrected chi connectivity index (χ1v) is 16.7. The standard InChI is InChI=1S/C46H31N3O/c1-50-37-23-25-41-40-24-22-35(28-42(40)38-20-8-9-21-39(38)43(41)29-37)33-17-10-16-32(26-33)34-18-11-19-36(27-34)46-48-44(30-12-4-2-5-13-30)47-45(49-46)31-14-6-3-7-15-31/h2-29H,1H3. The fourth-order valence-electron chi connectivity index (χ4n) is 6.90. The van der Waals surface area contributed by atoms with Crippen molar-refractivity contribution in [2.45, 2.75) is 0 Å². The monoisotopic (exact) mass is 641 g/mol. The van der Waals surface area contributed by atoms with E-state index in [1.54, 1.807) is 7.11 Å². The molecule has 0 atom stereocenters. The minimum absolute atomic E-state index is 0.641. The van der Waals surface area contributed by atoms with Gasteiger partial charge in [0.15, 0.2) is 17.5 Å². The summed E-state index contributed by atoms with van der Waals surface area (Å²) < 4.78 is 5.58. The largest absolute Gasteiger partial charge is 0.497 e. The molecule has 0 radical (unpaired) electrons. The molecule has 0 aliphatic rings. The van der Waals surface area contributed by atoms with E-state index in [0.717, 1.165) is 39.1 Å². The van der Waals surface area contributed by atoms with Crippen LogP contribution in [0, 0.1) is 0 Å². The summed E-state index contributed by atoms with van der Waals surface area (Å²) in [6.07, 6.45) is 0. The van der Waals surface area contributed by atoms with Crippen molar-refractivity contribution < 1.29 is 4.74 Å². The Balaban J connectivity index is 1.13. The summed E-state index contributed by atoms with van der Waals surface area (Å²) >= 11 is 0. The van der Waals surface area contributed by atoms with E-state index < -0.39 is 0 Å². The van der Waals surface area contributed by atoms with E-state index in [4.69, 9.17) is 19.7 Å². The predicted octanol–water partition coefficient (Wildman–Crippen LogP) is 11.7. The van der Waals surface area contributed by atoms with Crippen LogP contribution < -0.4 is 4.74 Å². The van der Waals surface area contributed by atoms with E-state index in [1.807, 2.05) is 66.7 Å². The second-order valence-corrected chi connectivity index (χ2v) is 12.4. The molecule has 50 heavy (non-hydrogen) atoms. The van der Waals surface area contributed by atoms with E-state index in [0.29, 0.717) is 17.5 Å². The molecule has 9 aromatic rings.